The number of nitrogens with zero attached hydrogens (tertiary/aromatic N) is 1. The molecule has 4 rings (SSSR count). The lowest BCUT2D eigenvalue weighted by atomic mass is 10.1. The Hall–Kier alpha value is -3.33. The van der Waals surface area contributed by atoms with E-state index in [2.05, 4.69) is 36.5 Å². The number of para-hydroxylation sites is 1. The van der Waals surface area contributed by atoms with Crippen LogP contribution < -0.4 is 10.8 Å². The highest BCUT2D eigenvalue weighted by molar-refractivity contribution is 5.82. The van der Waals surface area contributed by atoms with Crippen LogP contribution >= 0.6 is 0 Å². The average molecular weight is 340 g/mol. The first-order valence-electron chi connectivity index (χ1n) is 8.66. The summed E-state index contributed by atoms with van der Waals surface area (Å²) in [4.78, 5) is 0. The Labute approximate surface area is 152 Å². The summed E-state index contributed by atoms with van der Waals surface area (Å²) in [6.45, 7) is 4.16. The minimum Gasteiger partial charge on any atom is -0.456 e. The zero-order chi connectivity index (χ0) is 17.9. The molecule has 0 aliphatic heterocycles. The molecule has 0 bridgehead atoms. The fourth-order valence-electron chi connectivity index (χ4n) is 3.10. The largest absolute Gasteiger partial charge is 0.456 e. The molecule has 0 amide bonds. The molecule has 1 aromatic heterocycles. The van der Waals surface area contributed by atoms with E-state index in [1.54, 1.807) is 0 Å². The van der Waals surface area contributed by atoms with Gasteiger partial charge in [-0.3, -0.25) is 5.43 Å². The summed E-state index contributed by atoms with van der Waals surface area (Å²) >= 11 is 0. The average Bonchev–Trinajstić information content (AvgIpc) is 2.68. The van der Waals surface area contributed by atoms with Gasteiger partial charge in [0.1, 0.15) is 11.3 Å². The van der Waals surface area contributed by atoms with E-state index >= 15 is 0 Å². The fourth-order valence-corrected chi connectivity index (χ4v) is 3.10. The second-order valence-electron chi connectivity index (χ2n) is 6.41. The fraction of sp³-hybridized carbons (Fsp3) is 0.0870. The van der Waals surface area contributed by atoms with E-state index < -0.39 is 0 Å². The molecular formula is C23H20N2O. The van der Waals surface area contributed by atoms with Crippen molar-refractivity contribution in [3.05, 3.63) is 95.3 Å². The van der Waals surface area contributed by atoms with Crippen LogP contribution in [0.25, 0.3) is 22.3 Å². The van der Waals surface area contributed by atoms with Crippen LogP contribution in [0.2, 0.25) is 0 Å². The van der Waals surface area contributed by atoms with Gasteiger partial charge in [0.15, 0.2) is 0 Å². The zero-order valence-electron chi connectivity index (χ0n) is 14.9. The minimum absolute atomic E-state index is 0.804. The molecule has 3 nitrogen and oxygen atoms in total. The van der Waals surface area contributed by atoms with Crippen LogP contribution in [0.4, 0.5) is 5.69 Å². The second kappa shape index (κ2) is 6.89. The molecule has 0 atom stereocenters. The standard InChI is InChI=1S/C23H20N2O/c1-16-13-17(2)23-20(14-16)21(25-24-19-11-7-4-8-12-19)15-22(26-23)18-9-5-3-6-10-18/h3-15,24H,1-2H3/b25-21+. The third-order valence-corrected chi connectivity index (χ3v) is 4.31. The van der Waals surface area contributed by atoms with Crippen molar-refractivity contribution in [1.29, 1.82) is 0 Å². The smallest absolute Gasteiger partial charge is 0.139 e. The number of hydrogen-bond acceptors (Lipinski definition) is 3. The van der Waals surface area contributed by atoms with Gasteiger partial charge in [0.2, 0.25) is 0 Å². The third kappa shape index (κ3) is 3.24. The normalized spacial score (nSPS) is 11.7. The van der Waals surface area contributed by atoms with Crippen molar-refractivity contribution in [2.24, 2.45) is 5.10 Å². The highest BCUT2D eigenvalue weighted by Crippen LogP contribution is 2.25. The summed E-state index contributed by atoms with van der Waals surface area (Å²) < 4.78 is 6.24. The lowest BCUT2D eigenvalue weighted by molar-refractivity contribution is 0.615. The van der Waals surface area contributed by atoms with Crippen LogP contribution in [0.1, 0.15) is 11.1 Å². The van der Waals surface area contributed by atoms with Crippen LogP contribution in [0, 0.1) is 13.8 Å². The molecule has 3 heteroatoms. The summed E-state index contributed by atoms with van der Waals surface area (Å²) in [5.41, 5.74) is 8.30. The number of fused-ring (bicyclic) bond motifs is 1. The van der Waals surface area contributed by atoms with E-state index in [-0.39, 0.29) is 0 Å². The van der Waals surface area contributed by atoms with Gasteiger partial charge in [0, 0.05) is 17.0 Å². The molecular weight excluding hydrogens is 320 g/mol. The van der Waals surface area contributed by atoms with Crippen molar-refractivity contribution in [2.75, 3.05) is 5.43 Å². The zero-order valence-corrected chi connectivity index (χ0v) is 14.9. The van der Waals surface area contributed by atoms with E-state index in [0.717, 1.165) is 38.9 Å². The Kier molecular flexibility index (Phi) is 4.28. The van der Waals surface area contributed by atoms with Gasteiger partial charge < -0.3 is 4.42 Å². The molecule has 0 radical (unpaired) electrons. The summed E-state index contributed by atoms with van der Waals surface area (Å²) in [6, 6.07) is 26.3. The van der Waals surface area contributed by atoms with Crippen LogP contribution in [0.5, 0.6) is 0 Å². The molecule has 0 unspecified atom stereocenters. The molecule has 0 spiro atoms. The maximum atomic E-state index is 6.24. The Morgan fingerprint density at radius 2 is 1.50 bits per heavy atom. The van der Waals surface area contributed by atoms with Crippen LogP contribution in [0.3, 0.4) is 0 Å². The number of aryl methyl sites for hydroxylation is 2. The number of rotatable bonds is 3. The minimum atomic E-state index is 0.804. The molecule has 1 N–H and O–H groups in total. The second-order valence-corrected chi connectivity index (χ2v) is 6.41. The van der Waals surface area contributed by atoms with Gasteiger partial charge >= 0.3 is 0 Å². The van der Waals surface area contributed by atoms with Gasteiger partial charge in [-0.25, -0.2) is 0 Å². The molecule has 3 aromatic carbocycles. The summed E-state index contributed by atoms with van der Waals surface area (Å²) in [6.07, 6.45) is 0. The van der Waals surface area contributed by atoms with Crippen molar-refractivity contribution >= 4 is 16.7 Å². The van der Waals surface area contributed by atoms with Crippen molar-refractivity contribution in [1.82, 2.24) is 0 Å². The monoisotopic (exact) mass is 340 g/mol. The predicted molar refractivity (Wildman–Crippen MR) is 107 cm³/mol. The van der Waals surface area contributed by atoms with Crippen molar-refractivity contribution in [3.63, 3.8) is 0 Å². The van der Waals surface area contributed by atoms with Gasteiger partial charge in [0.05, 0.1) is 11.0 Å². The quantitative estimate of drug-likeness (QED) is 0.490. The Morgan fingerprint density at radius 1 is 0.808 bits per heavy atom. The van der Waals surface area contributed by atoms with E-state index in [9.17, 15) is 0 Å². The first-order chi connectivity index (χ1) is 12.7. The van der Waals surface area contributed by atoms with Crippen LogP contribution in [0.15, 0.2) is 88.4 Å². The Balaban J connectivity index is 1.94. The van der Waals surface area contributed by atoms with Crippen LogP contribution in [-0.4, -0.2) is 0 Å². The number of benzene rings is 3. The number of hydrogen-bond donors (Lipinski definition) is 1. The molecule has 0 saturated heterocycles. The lowest BCUT2D eigenvalue weighted by Crippen LogP contribution is -2.08. The van der Waals surface area contributed by atoms with E-state index in [4.69, 9.17) is 4.42 Å². The third-order valence-electron chi connectivity index (χ3n) is 4.31. The maximum absolute atomic E-state index is 6.24. The van der Waals surface area contributed by atoms with E-state index in [1.165, 1.54) is 5.56 Å². The van der Waals surface area contributed by atoms with Crippen molar-refractivity contribution < 1.29 is 4.42 Å². The van der Waals surface area contributed by atoms with Crippen molar-refractivity contribution in [3.8, 4) is 11.3 Å². The molecule has 26 heavy (non-hydrogen) atoms. The lowest BCUT2D eigenvalue weighted by Gasteiger charge is -2.08. The van der Waals surface area contributed by atoms with E-state index in [0.29, 0.717) is 0 Å². The molecule has 4 aromatic rings. The van der Waals surface area contributed by atoms with Gasteiger partial charge in [0.25, 0.3) is 0 Å². The maximum Gasteiger partial charge on any atom is 0.139 e. The van der Waals surface area contributed by atoms with Gasteiger partial charge in [-0.2, -0.15) is 5.10 Å². The SMILES string of the molecule is Cc1cc(C)c2oc(-c3ccccc3)c/c(=N\Nc3ccccc3)c2c1. The molecule has 0 aliphatic carbocycles. The number of anilines is 1. The molecule has 0 saturated carbocycles. The highest BCUT2D eigenvalue weighted by atomic mass is 16.3. The summed E-state index contributed by atoms with van der Waals surface area (Å²) in [5.74, 6) is 0.804. The van der Waals surface area contributed by atoms with Gasteiger partial charge in [-0.1, -0.05) is 54.6 Å². The molecule has 0 fully saturated rings. The number of nitrogens with one attached hydrogen (secondary N) is 1. The van der Waals surface area contributed by atoms with Gasteiger partial charge in [-0.15, -0.1) is 0 Å². The molecule has 128 valence electrons. The molecule has 0 aliphatic rings. The first-order valence-corrected chi connectivity index (χ1v) is 8.66. The van der Waals surface area contributed by atoms with Crippen molar-refractivity contribution in [2.45, 2.75) is 13.8 Å². The van der Waals surface area contributed by atoms with Crippen LogP contribution in [-0.2, 0) is 0 Å². The van der Waals surface area contributed by atoms with Gasteiger partial charge in [-0.05, 0) is 43.2 Å². The Morgan fingerprint density at radius 3 is 2.23 bits per heavy atom. The van der Waals surface area contributed by atoms with E-state index in [1.807, 2.05) is 66.7 Å². The Bertz CT molecular complexity index is 1110. The summed E-state index contributed by atoms with van der Waals surface area (Å²) in [7, 11) is 0. The molecule has 1 heterocycles. The predicted octanol–water partition coefficient (Wildman–Crippen LogP) is 5.64. The first kappa shape index (κ1) is 16.2. The highest BCUT2D eigenvalue weighted by Gasteiger charge is 2.09. The topological polar surface area (TPSA) is 37.5 Å². The summed E-state index contributed by atoms with van der Waals surface area (Å²) in [5, 5.41) is 6.53.